The van der Waals surface area contributed by atoms with Crippen LogP contribution >= 0.6 is 11.3 Å². The van der Waals surface area contributed by atoms with Crippen molar-refractivity contribution >= 4 is 23.2 Å². The minimum Gasteiger partial charge on any atom is -0.484 e. The number of amides is 2. The molecule has 1 aromatic heterocycles. The molecule has 0 aliphatic rings. The highest BCUT2D eigenvalue weighted by Gasteiger charge is 2.12. The fourth-order valence-corrected chi connectivity index (χ4v) is 3.38. The molecule has 2 amide bonds. The van der Waals surface area contributed by atoms with Gasteiger partial charge >= 0.3 is 0 Å². The first-order valence-corrected chi connectivity index (χ1v) is 8.60. The number of hydrogen-bond donors (Lipinski definition) is 2. The van der Waals surface area contributed by atoms with E-state index in [9.17, 15) is 9.59 Å². The Morgan fingerprint density at radius 2 is 1.71 bits per heavy atom. The number of ether oxygens (including phenoxy) is 1. The number of rotatable bonds is 5. The summed E-state index contributed by atoms with van der Waals surface area (Å²) in [6.07, 6.45) is 0.889. The molecule has 0 saturated carbocycles. The lowest BCUT2D eigenvalue weighted by Crippen LogP contribution is -2.43. The Morgan fingerprint density at radius 3 is 2.29 bits per heavy atom. The Kier molecular flexibility index (Phi) is 5.98. The van der Waals surface area contributed by atoms with E-state index in [0.717, 1.165) is 23.1 Å². The average molecular weight is 346 g/mol. The SMILES string of the molecule is CCc1sc(C(=O)NNC(=O)COc2cc(C)cc(C)c2)cc1C. The van der Waals surface area contributed by atoms with Crippen LogP contribution in [0.5, 0.6) is 5.75 Å². The number of carbonyl (C=O) groups is 2. The zero-order valence-electron chi connectivity index (χ0n) is 14.4. The molecule has 0 fully saturated rings. The molecular weight excluding hydrogens is 324 g/mol. The van der Waals surface area contributed by atoms with E-state index >= 15 is 0 Å². The van der Waals surface area contributed by atoms with Crippen molar-refractivity contribution in [1.82, 2.24) is 10.9 Å². The van der Waals surface area contributed by atoms with Crippen LogP contribution in [0.25, 0.3) is 0 Å². The van der Waals surface area contributed by atoms with Crippen molar-refractivity contribution in [2.75, 3.05) is 6.61 Å². The van der Waals surface area contributed by atoms with Crippen molar-refractivity contribution in [2.45, 2.75) is 34.1 Å². The number of nitrogens with one attached hydrogen (secondary N) is 2. The Hall–Kier alpha value is -2.34. The molecule has 5 nitrogen and oxygen atoms in total. The van der Waals surface area contributed by atoms with E-state index in [1.807, 2.05) is 52.0 Å². The predicted molar refractivity (Wildman–Crippen MR) is 95.5 cm³/mol. The molecule has 0 unspecified atom stereocenters. The number of hydrazine groups is 1. The highest BCUT2D eigenvalue weighted by molar-refractivity contribution is 7.14. The molecule has 1 aromatic carbocycles. The lowest BCUT2D eigenvalue weighted by atomic mass is 10.1. The molecule has 0 saturated heterocycles. The smallest absolute Gasteiger partial charge is 0.279 e. The molecule has 24 heavy (non-hydrogen) atoms. The van der Waals surface area contributed by atoms with Crippen molar-refractivity contribution < 1.29 is 14.3 Å². The van der Waals surface area contributed by atoms with E-state index in [4.69, 9.17) is 4.74 Å². The van der Waals surface area contributed by atoms with Crippen LogP contribution in [0.2, 0.25) is 0 Å². The van der Waals surface area contributed by atoms with Gasteiger partial charge in [-0.3, -0.25) is 20.4 Å². The van der Waals surface area contributed by atoms with Gasteiger partial charge in [0.2, 0.25) is 0 Å². The molecule has 2 rings (SSSR count). The van der Waals surface area contributed by atoms with Crippen LogP contribution < -0.4 is 15.6 Å². The van der Waals surface area contributed by atoms with Crippen molar-refractivity contribution in [1.29, 1.82) is 0 Å². The summed E-state index contributed by atoms with van der Waals surface area (Å²) in [5.41, 5.74) is 8.02. The van der Waals surface area contributed by atoms with Gasteiger partial charge in [-0.1, -0.05) is 13.0 Å². The van der Waals surface area contributed by atoms with Gasteiger partial charge in [0.15, 0.2) is 6.61 Å². The van der Waals surface area contributed by atoms with Crippen molar-refractivity contribution in [3.05, 3.63) is 50.7 Å². The monoisotopic (exact) mass is 346 g/mol. The molecule has 2 N–H and O–H groups in total. The first kappa shape index (κ1) is 18.0. The maximum atomic E-state index is 12.0. The Morgan fingerprint density at radius 1 is 1.04 bits per heavy atom. The summed E-state index contributed by atoms with van der Waals surface area (Å²) >= 11 is 1.44. The zero-order chi connectivity index (χ0) is 17.7. The lowest BCUT2D eigenvalue weighted by Gasteiger charge is -2.09. The van der Waals surface area contributed by atoms with Crippen LogP contribution in [-0.2, 0) is 11.2 Å². The molecule has 0 spiro atoms. The fourth-order valence-electron chi connectivity index (χ4n) is 2.37. The molecule has 2 aromatic rings. The van der Waals surface area contributed by atoms with E-state index in [2.05, 4.69) is 10.9 Å². The van der Waals surface area contributed by atoms with E-state index < -0.39 is 5.91 Å². The fraction of sp³-hybridized carbons (Fsp3) is 0.333. The molecular formula is C18H22N2O3S. The largest absolute Gasteiger partial charge is 0.484 e. The van der Waals surface area contributed by atoms with Crippen LogP contribution in [0.4, 0.5) is 0 Å². The molecule has 0 radical (unpaired) electrons. The zero-order valence-corrected chi connectivity index (χ0v) is 15.2. The van der Waals surface area contributed by atoms with Gasteiger partial charge in [0, 0.05) is 4.88 Å². The first-order valence-electron chi connectivity index (χ1n) is 7.78. The van der Waals surface area contributed by atoms with Gasteiger partial charge in [-0.25, -0.2) is 0 Å². The Balaban J connectivity index is 1.83. The van der Waals surface area contributed by atoms with E-state index in [1.54, 1.807) is 0 Å². The van der Waals surface area contributed by atoms with Gasteiger partial charge in [0.1, 0.15) is 5.75 Å². The molecule has 128 valence electrons. The second-order valence-electron chi connectivity index (χ2n) is 5.68. The summed E-state index contributed by atoms with van der Waals surface area (Å²) < 4.78 is 5.45. The quantitative estimate of drug-likeness (QED) is 0.818. The summed E-state index contributed by atoms with van der Waals surface area (Å²) in [4.78, 5) is 25.6. The lowest BCUT2D eigenvalue weighted by molar-refractivity contribution is -0.123. The third-order valence-corrected chi connectivity index (χ3v) is 4.83. The van der Waals surface area contributed by atoms with Gasteiger partial charge in [0.25, 0.3) is 11.8 Å². The number of benzene rings is 1. The Labute approximate surface area is 146 Å². The minimum absolute atomic E-state index is 0.160. The topological polar surface area (TPSA) is 67.4 Å². The number of thiophene rings is 1. The predicted octanol–water partition coefficient (Wildman–Crippen LogP) is 3.08. The van der Waals surface area contributed by atoms with Gasteiger partial charge in [0.05, 0.1) is 4.88 Å². The first-order chi connectivity index (χ1) is 11.4. The molecule has 6 heteroatoms. The average Bonchev–Trinajstić information content (AvgIpc) is 2.90. The standard InChI is InChI=1S/C18H22N2O3S/c1-5-15-13(4)9-16(24-15)18(22)20-19-17(21)10-23-14-7-11(2)6-12(3)8-14/h6-9H,5,10H2,1-4H3,(H,19,21)(H,20,22). The summed E-state index contributed by atoms with van der Waals surface area (Å²) in [6, 6.07) is 7.58. The van der Waals surface area contributed by atoms with Crippen LogP contribution in [-0.4, -0.2) is 18.4 Å². The van der Waals surface area contributed by atoms with Crippen LogP contribution in [0.1, 0.15) is 38.2 Å². The van der Waals surface area contributed by atoms with Crippen LogP contribution in [0, 0.1) is 20.8 Å². The van der Waals surface area contributed by atoms with Crippen molar-refractivity contribution in [2.24, 2.45) is 0 Å². The summed E-state index contributed by atoms with van der Waals surface area (Å²) in [5.74, 6) is -0.0931. The van der Waals surface area contributed by atoms with Gasteiger partial charge in [-0.2, -0.15) is 0 Å². The third kappa shape index (κ3) is 4.83. The van der Waals surface area contributed by atoms with E-state index in [1.165, 1.54) is 16.2 Å². The molecule has 0 atom stereocenters. The second-order valence-corrected chi connectivity index (χ2v) is 6.82. The van der Waals surface area contributed by atoms with E-state index in [-0.39, 0.29) is 12.5 Å². The minimum atomic E-state index is -0.411. The molecule has 0 aliphatic carbocycles. The number of aryl methyl sites for hydroxylation is 4. The molecule has 0 aliphatic heterocycles. The third-order valence-electron chi connectivity index (χ3n) is 3.45. The van der Waals surface area contributed by atoms with Crippen LogP contribution in [0.15, 0.2) is 24.3 Å². The summed E-state index contributed by atoms with van der Waals surface area (Å²) in [5, 5.41) is 0. The van der Waals surface area contributed by atoms with Crippen LogP contribution in [0.3, 0.4) is 0 Å². The highest BCUT2D eigenvalue weighted by Crippen LogP contribution is 2.22. The van der Waals surface area contributed by atoms with E-state index in [0.29, 0.717) is 10.6 Å². The normalized spacial score (nSPS) is 10.3. The number of hydrogen-bond acceptors (Lipinski definition) is 4. The van der Waals surface area contributed by atoms with Gasteiger partial charge < -0.3 is 4.74 Å². The highest BCUT2D eigenvalue weighted by atomic mass is 32.1. The second kappa shape index (κ2) is 7.97. The van der Waals surface area contributed by atoms with Crippen molar-refractivity contribution in [3.63, 3.8) is 0 Å². The summed E-state index contributed by atoms with van der Waals surface area (Å²) in [6.45, 7) is 7.79. The van der Waals surface area contributed by atoms with Gasteiger partial charge in [-0.05, 0) is 62.1 Å². The van der Waals surface area contributed by atoms with Crippen molar-refractivity contribution in [3.8, 4) is 5.75 Å². The Bertz CT molecular complexity index is 732. The maximum absolute atomic E-state index is 12.0. The maximum Gasteiger partial charge on any atom is 0.279 e. The molecule has 0 bridgehead atoms. The molecule has 1 heterocycles. The number of carbonyl (C=O) groups excluding carboxylic acids is 2. The summed E-state index contributed by atoms with van der Waals surface area (Å²) in [7, 11) is 0. The van der Waals surface area contributed by atoms with Gasteiger partial charge in [-0.15, -0.1) is 11.3 Å².